The van der Waals surface area contributed by atoms with Crippen LogP contribution >= 0.6 is 0 Å². The Kier molecular flexibility index (Phi) is 7.46. The van der Waals surface area contributed by atoms with Crippen LogP contribution in [0.5, 0.6) is 5.75 Å². The van der Waals surface area contributed by atoms with Gasteiger partial charge in [-0.15, -0.1) is 0 Å². The van der Waals surface area contributed by atoms with Crippen LogP contribution in [0.15, 0.2) is 48.5 Å². The fraction of sp³-hybridized carbons (Fsp3) is 0.417. The second-order valence-corrected chi connectivity index (χ2v) is 8.17. The van der Waals surface area contributed by atoms with Crippen LogP contribution in [-0.2, 0) is 4.79 Å². The van der Waals surface area contributed by atoms with E-state index >= 15 is 0 Å². The number of nitrogens with one attached hydrogen (secondary N) is 3. The second kappa shape index (κ2) is 10.3. The predicted octanol–water partition coefficient (Wildman–Crippen LogP) is 3.76. The van der Waals surface area contributed by atoms with Gasteiger partial charge >= 0.3 is 0 Å². The van der Waals surface area contributed by atoms with Crippen molar-refractivity contribution in [3.63, 3.8) is 0 Å². The molecule has 2 aromatic carbocycles. The average molecular weight is 410 g/mol. The highest BCUT2D eigenvalue weighted by Gasteiger charge is 2.32. The van der Waals surface area contributed by atoms with Gasteiger partial charge in [0.2, 0.25) is 5.91 Å². The molecule has 3 rings (SSSR count). The zero-order valence-electron chi connectivity index (χ0n) is 17.9. The number of carbonyl (C=O) groups is 2. The van der Waals surface area contributed by atoms with E-state index in [1.807, 2.05) is 44.2 Å². The van der Waals surface area contributed by atoms with Crippen molar-refractivity contribution >= 4 is 17.5 Å². The Morgan fingerprint density at radius 3 is 2.40 bits per heavy atom. The molecule has 160 valence electrons. The van der Waals surface area contributed by atoms with E-state index in [-0.39, 0.29) is 24.4 Å². The predicted molar refractivity (Wildman–Crippen MR) is 119 cm³/mol. The lowest BCUT2D eigenvalue weighted by molar-refractivity contribution is -0.115. The summed E-state index contributed by atoms with van der Waals surface area (Å²) in [5.74, 6) is 1.37. The van der Waals surface area contributed by atoms with Crippen molar-refractivity contribution in [1.29, 1.82) is 0 Å². The fourth-order valence-corrected chi connectivity index (χ4v) is 3.38. The van der Waals surface area contributed by atoms with Crippen molar-refractivity contribution in [2.24, 2.45) is 11.8 Å². The molecular formula is C24H31N3O3. The molecule has 3 N–H and O–H groups in total. The first-order valence-corrected chi connectivity index (χ1v) is 10.5. The molecule has 30 heavy (non-hydrogen) atoms. The molecule has 0 radical (unpaired) electrons. The Hall–Kier alpha value is -2.86. The maximum absolute atomic E-state index is 12.6. The van der Waals surface area contributed by atoms with E-state index < -0.39 is 0 Å². The molecule has 6 nitrogen and oxygen atoms in total. The van der Waals surface area contributed by atoms with Gasteiger partial charge < -0.3 is 20.7 Å². The van der Waals surface area contributed by atoms with E-state index in [4.69, 9.17) is 4.74 Å². The third-order valence-electron chi connectivity index (χ3n) is 5.17. The third kappa shape index (κ3) is 6.07. The number of hydrogen-bond donors (Lipinski definition) is 3. The SMILES string of the molecule is COc1ccc(C(NCC(=O)Nc2ccccc2C(=O)NCC(C)C)C2CC2)cc1. The first-order chi connectivity index (χ1) is 14.5. The maximum Gasteiger partial charge on any atom is 0.253 e. The number of benzene rings is 2. The summed E-state index contributed by atoms with van der Waals surface area (Å²) in [5.41, 5.74) is 2.15. The molecule has 6 heteroatoms. The minimum Gasteiger partial charge on any atom is -0.497 e. The van der Waals surface area contributed by atoms with Crippen molar-refractivity contribution in [2.45, 2.75) is 32.7 Å². The minimum absolute atomic E-state index is 0.131. The van der Waals surface area contributed by atoms with Gasteiger partial charge in [-0.2, -0.15) is 0 Å². The Morgan fingerprint density at radius 2 is 1.77 bits per heavy atom. The Bertz CT molecular complexity index is 860. The molecular weight excluding hydrogens is 378 g/mol. The van der Waals surface area contributed by atoms with E-state index in [0.29, 0.717) is 29.6 Å². The van der Waals surface area contributed by atoms with Crippen LogP contribution in [0.3, 0.4) is 0 Å². The number of amides is 2. The van der Waals surface area contributed by atoms with Gasteiger partial charge in [0.15, 0.2) is 0 Å². The van der Waals surface area contributed by atoms with Crippen LogP contribution in [0.4, 0.5) is 5.69 Å². The first-order valence-electron chi connectivity index (χ1n) is 10.5. The minimum atomic E-state index is -0.179. The maximum atomic E-state index is 12.6. The van der Waals surface area contributed by atoms with Gasteiger partial charge in [-0.1, -0.05) is 38.1 Å². The highest BCUT2D eigenvalue weighted by atomic mass is 16.5. The Balaban J connectivity index is 1.60. The summed E-state index contributed by atoms with van der Waals surface area (Å²) < 4.78 is 5.23. The molecule has 0 saturated heterocycles. The van der Waals surface area contributed by atoms with Gasteiger partial charge in [0, 0.05) is 12.6 Å². The highest BCUT2D eigenvalue weighted by Crippen LogP contribution is 2.41. The lowest BCUT2D eigenvalue weighted by Crippen LogP contribution is -2.33. The van der Waals surface area contributed by atoms with Crippen molar-refractivity contribution in [1.82, 2.24) is 10.6 Å². The summed E-state index contributed by atoms with van der Waals surface area (Å²) >= 11 is 0. The molecule has 2 amide bonds. The zero-order valence-corrected chi connectivity index (χ0v) is 17.9. The molecule has 2 aromatic rings. The number of rotatable bonds is 10. The molecule has 0 bridgehead atoms. The average Bonchev–Trinajstić information content (AvgIpc) is 3.58. The molecule has 1 aliphatic rings. The largest absolute Gasteiger partial charge is 0.497 e. The third-order valence-corrected chi connectivity index (χ3v) is 5.17. The fourth-order valence-electron chi connectivity index (χ4n) is 3.38. The summed E-state index contributed by atoms with van der Waals surface area (Å²) in [5, 5.41) is 9.17. The number of hydrogen-bond acceptors (Lipinski definition) is 4. The van der Waals surface area contributed by atoms with Gasteiger partial charge in [0.25, 0.3) is 5.91 Å². The number of anilines is 1. The number of para-hydroxylation sites is 1. The molecule has 0 aromatic heterocycles. The Morgan fingerprint density at radius 1 is 1.07 bits per heavy atom. The van der Waals surface area contributed by atoms with Gasteiger partial charge in [-0.25, -0.2) is 0 Å². The molecule has 0 heterocycles. The van der Waals surface area contributed by atoms with Crippen LogP contribution in [0.25, 0.3) is 0 Å². The smallest absolute Gasteiger partial charge is 0.253 e. The molecule has 0 aliphatic heterocycles. The zero-order chi connectivity index (χ0) is 21.5. The topological polar surface area (TPSA) is 79.5 Å². The van der Waals surface area contributed by atoms with Crippen LogP contribution in [0.2, 0.25) is 0 Å². The van der Waals surface area contributed by atoms with Crippen molar-refractivity contribution in [3.8, 4) is 5.75 Å². The van der Waals surface area contributed by atoms with E-state index in [0.717, 1.165) is 24.2 Å². The molecule has 1 atom stereocenters. The molecule has 1 aliphatic carbocycles. The standard InChI is InChI=1S/C24H31N3O3/c1-16(2)14-26-24(29)20-6-4-5-7-21(20)27-22(28)15-25-23(17-8-9-17)18-10-12-19(30-3)13-11-18/h4-7,10-13,16-17,23,25H,8-9,14-15H2,1-3H3,(H,26,29)(H,27,28). The van der Waals surface area contributed by atoms with E-state index in [2.05, 4.69) is 16.0 Å². The van der Waals surface area contributed by atoms with Crippen LogP contribution in [0.1, 0.15) is 48.7 Å². The van der Waals surface area contributed by atoms with Crippen molar-refractivity contribution in [2.75, 3.05) is 25.5 Å². The first kappa shape index (κ1) is 21.8. The molecule has 1 saturated carbocycles. The van der Waals surface area contributed by atoms with Gasteiger partial charge in [-0.3, -0.25) is 9.59 Å². The quantitative estimate of drug-likeness (QED) is 0.558. The summed E-state index contributed by atoms with van der Waals surface area (Å²) in [6, 6.07) is 15.2. The van der Waals surface area contributed by atoms with Crippen LogP contribution in [-0.4, -0.2) is 32.0 Å². The van der Waals surface area contributed by atoms with E-state index in [9.17, 15) is 9.59 Å². The number of ether oxygens (including phenoxy) is 1. The van der Waals surface area contributed by atoms with Crippen molar-refractivity contribution in [3.05, 3.63) is 59.7 Å². The van der Waals surface area contributed by atoms with E-state index in [1.54, 1.807) is 25.3 Å². The monoisotopic (exact) mass is 409 g/mol. The molecule has 1 fully saturated rings. The van der Waals surface area contributed by atoms with Gasteiger partial charge in [0.1, 0.15) is 5.75 Å². The lowest BCUT2D eigenvalue weighted by Gasteiger charge is -2.19. The van der Waals surface area contributed by atoms with Crippen LogP contribution < -0.4 is 20.7 Å². The summed E-state index contributed by atoms with van der Waals surface area (Å²) in [7, 11) is 1.65. The van der Waals surface area contributed by atoms with E-state index in [1.165, 1.54) is 0 Å². The summed E-state index contributed by atoms with van der Waals surface area (Å²) in [6.07, 6.45) is 2.31. The molecule has 0 spiro atoms. The number of carbonyl (C=O) groups excluding carboxylic acids is 2. The Labute approximate surface area is 178 Å². The molecule has 1 unspecified atom stereocenters. The highest BCUT2D eigenvalue weighted by molar-refractivity contribution is 6.04. The normalized spacial score (nSPS) is 14.3. The number of methoxy groups -OCH3 is 1. The van der Waals surface area contributed by atoms with Gasteiger partial charge in [0.05, 0.1) is 24.9 Å². The summed E-state index contributed by atoms with van der Waals surface area (Å²) in [4.78, 5) is 25.1. The second-order valence-electron chi connectivity index (χ2n) is 8.17. The lowest BCUT2D eigenvalue weighted by atomic mass is 10.0. The van der Waals surface area contributed by atoms with Crippen LogP contribution in [0, 0.1) is 11.8 Å². The van der Waals surface area contributed by atoms with Crippen molar-refractivity contribution < 1.29 is 14.3 Å². The van der Waals surface area contributed by atoms with Gasteiger partial charge in [-0.05, 0) is 54.5 Å². The summed E-state index contributed by atoms with van der Waals surface area (Å²) in [6.45, 7) is 4.85.